The van der Waals surface area contributed by atoms with Gasteiger partial charge in [0.25, 0.3) is 0 Å². The van der Waals surface area contributed by atoms with Crippen LogP contribution in [-0.4, -0.2) is 36.4 Å². The summed E-state index contributed by atoms with van der Waals surface area (Å²) in [6.07, 6.45) is 5.01. The Kier molecular flexibility index (Phi) is 5.62. The maximum absolute atomic E-state index is 12.1. The number of nitrogens with zero attached hydrogens (tertiary/aromatic N) is 5. The first kappa shape index (κ1) is 17.4. The van der Waals surface area contributed by atoms with Crippen LogP contribution in [0.25, 0.3) is 11.4 Å². The molecule has 0 atom stereocenters. The van der Waals surface area contributed by atoms with Crippen LogP contribution in [0, 0.1) is 0 Å². The Bertz CT molecular complexity index is 870. The molecule has 3 rings (SSSR count). The largest absolute Gasteiger partial charge is 0.323 e. The smallest absolute Gasteiger partial charge is 0.234 e. The number of amides is 1. The summed E-state index contributed by atoms with van der Waals surface area (Å²) in [5.41, 5.74) is 1.37. The maximum atomic E-state index is 12.1. The Balaban J connectivity index is 1.68. The highest BCUT2D eigenvalue weighted by molar-refractivity contribution is 7.99. The number of anilines is 1. The molecular formula is C16H15ClN6OS. The van der Waals surface area contributed by atoms with E-state index in [-0.39, 0.29) is 16.8 Å². The van der Waals surface area contributed by atoms with Crippen LogP contribution in [0.2, 0.25) is 5.15 Å². The van der Waals surface area contributed by atoms with Crippen LogP contribution in [0.4, 0.5) is 5.69 Å². The minimum Gasteiger partial charge on any atom is -0.323 e. The number of thioether (sulfide) groups is 1. The lowest BCUT2D eigenvalue weighted by atomic mass is 10.3. The van der Waals surface area contributed by atoms with Crippen LogP contribution in [0.3, 0.4) is 0 Å². The van der Waals surface area contributed by atoms with Crippen molar-refractivity contribution in [2.75, 3.05) is 11.1 Å². The van der Waals surface area contributed by atoms with Crippen LogP contribution in [0.15, 0.2) is 48.0 Å². The van der Waals surface area contributed by atoms with E-state index in [0.29, 0.717) is 17.4 Å². The first-order chi connectivity index (χ1) is 12.2. The van der Waals surface area contributed by atoms with Crippen LogP contribution < -0.4 is 5.32 Å². The second-order valence-corrected chi connectivity index (χ2v) is 6.27. The average molecular weight is 375 g/mol. The van der Waals surface area contributed by atoms with Gasteiger partial charge in [-0.25, -0.2) is 4.98 Å². The lowest BCUT2D eigenvalue weighted by Gasteiger charge is -2.08. The van der Waals surface area contributed by atoms with Crippen LogP contribution in [0.5, 0.6) is 0 Å². The number of carbonyl (C=O) groups is 1. The molecule has 128 valence electrons. The molecule has 0 bridgehead atoms. The van der Waals surface area contributed by atoms with E-state index in [0.717, 1.165) is 11.4 Å². The predicted octanol–water partition coefficient (Wildman–Crippen LogP) is 3.14. The summed E-state index contributed by atoms with van der Waals surface area (Å²) in [7, 11) is 0. The van der Waals surface area contributed by atoms with Crippen molar-refractivity contribution in [3.8, 4) is 11.4 Å². The van der Waals surface area contributed by atoms with Crippen molar-refractivity contribution in [3.63, 3.8) is 0 Å². The fourth-order valence-electron chi connectivity index (χ4n) is 2.18. The van der Waals surface area contributed by atoms with E-state index in [2.05, 4.69) is 25.5 Å². The Morgan fingerprint density at radius 3 is 2.84 bits per heavy atom. The first-order valence-electron chi connectivity index (χ1n) is 7.55. The number of carbonyl (C=O) groups excluding carboxylic acids is 1. The molecule has 0 saturated carbocycles. The molecule has 0 unspecified atom stereocenters. The van der Waals surface area contributed by atoms with Crippen molar-refractivity contribution >= 4 is 35.0 Å². The van der Waals surface area contributed by atoms with E-state index in [4.69, 9.17) is 11.6 Å². The molecule has 3 aromatic heterocycles. The standard InChI is InChI=1S/C16H15ClN6OS/c1-2-23-15(11-5-3-7-18-9-11)21-22-16(23)25-10-13(24)20-12-6-4-8-19-14(12)17/h3-9H,2,10H2,1H3,(H,20,24). The topological polar surface area (TPSA) is 85.6 Å². The minimum absolute atomic E-state index is 0.187. The summed E-state index contributed by atoms with van der Waals surface area (Å²) in [5.74, 6) is 0.735. The molecule has 0 fully saturated rings. The fraction of sp³-hybridized carbons (Fsp3) is 0.188. The van der Waals surface area contributed by atoms with Crippen molar-refractivity contribution in [1.29, 1.82) is 0 Å². The SMILES string of the molecule is CCn1c(SCC(=O)Nc2cccnc2Cl)nnc1-c1cccnc1. The Morgan fingerprint density at radius 2 is 2.12 bits per heavy atom. The number of aromatic nitrogens is 5. The Hall–Kier alpha value is -2.45. The number of nitrogens with one attached hydrogen (secondary N) is 1. The fourth-order valence-corrected chi connectivity index (χ4v) is 3.15. The number of hydrogen-bond acceptors (Lipinski definition) is 6. The maximum Gasteiger partial charge on any atom is 0.234 e. The van der Waals surface area contributed by atoms with Gasteiger partial charge in [-0.15, -0.1) is 10.2 Å². The predicted molar refractivity (Wildman–Crippen MR) is 97.5 cm³/mol. The summed E-state index contributed by atoms with van der Waals surface area (Å²) in [6, 6.07) is 7.19. The highest BCUT2D eigenvalue weighted by Gasteiger charge is 2.15. The van der Waals surface area contributed by atoms with Gasteiger partial charge in [0.2, 0.25) is 5.91 Å². The summed E-state index contributed by atoms with van der Waals surface area (Å²) in [6.45, 7) is 2.69. The molecule has 0 aliphatic carbocycles. The number of rotatable bonds is 6. The Labute approximate surface area is 153 Å². The molecule has 0 aliphatic rings. The molecule has 9 heteroatoms. The highest BCUT2D eigenvalue weighted by Crippen LogP contribution is 2.24. The lowest BCUT2D eigenvalue weighted by molar-refractivity contribution is -0.113. The van der Waals surface area contributed by atoms with E-state index in [1.54, 1.807) is 30.7 Å². The van der Waals surface area contributed by atoms with Crippen molar-refractivity contribution in [3.05, 3.63) is 48.0 Å². The molecule has 1 amide bonds. The molecule has 7 nitrogen and oxygen atoms in total. The molecule has 0 aromatic carbocycles. The summed E-state index contributed by atoms with van der Waals surface area (Å²) in [4.78, 5) is 20.2. The van der Waals surface area contributed by atoms with E-state index in [1.165, 1.54) is 11.8 Å². The summed E-state index contributed by atoms with van der Waals surface area (Å²) >= 11 is 7.25. The number of halogens is 1. The van der Waals surface area contributed by atoms with Crippen LogP contribution >= 0.6 is 23.4 Å². The van der Waals surface area contributed by atoms with E-state index < -0.39 is 0 Å². The molecule has 0 spiro atoms. The monoisotopic (exact) mass is 374 g/mol. The molecule has 1 N–H and O–H groups in total. The molecule has 25 heavy (non-hydrogen) atoms. The van der Waals surface area contributed by atoms with Gasteiger partial charge in [0.05, 0.1) is 11.4 Å². The van der Waals surface area contributed by atoms with Crippen LogP contribution in [0.1, 0.15) is 6.92 Å². The van der Waals surface area contributed by atoms with Gasteiger partial charge in [0, 0.05) is 30.7 Å². The third kappa shape index (κ3) is 4.15. The number of hydrogen-bond donors (Lipinski definition) is 1. The van der Waals surface area contributed by atoms with Crippen molar-refractivity contribution in [2.24, 2.45) is 0 Å². The summed E-state index contributed by atoms with van der Waals surface area (Å²) < 4.78 is 1.95. The molecule has 0 aliphatic heterocycles. The van der Waals surface area contributed by atoms with Gasteiger partial charge < -0.3 is 9.88 Å². The van der Waals surface area contributed by atoms with Gasteiger partial charge in [-0.3, -0.25) is 9.78 Å². The van der Waals surface area contributed by atoms with Gasteiger partial charge >= 0.3 is 0 Å². The Morgan fingerprint density at radius 1 is 1.28 bits per heavy atom. The third-order valence-corrected chi connectivity index (χ3v) is 4.59. The molecule has 3 heterocycles. The van der Waals surface area contributed by atoms with Crippen molar-refractivity contribution in [1.82, 2.24) is 24.7 Å². The lowest BCUT2D eigenvalue weighted by Crippen LogP contribution is -2.15. The van der Waals surface area contributed by atoms with Gasteiger partial charge in [0.1, 0.15) is 0 Å². The van der Waals surface area contributed by atoms with Crippen LogP contribution in [-0.2, 0) is 11.3 Å². The normalized spacial score (nSPS) is 10.6. The molecule has 0 radical (unpaired) electrons. The van der Waals surface area contributed by atoms with Crippen molar-refractivity contribution in [2.45, 2.75) is 18.6 Å². The van der Waals surface area contributed by atoms with Gasteiger partial charge in [-0.05, 0) is 31.2 Å². The second-order valence-electron chi connectivity index (χ2n) is 4.97. The van der Waals surface area contributed by atoms with E-state index in [9.17, 15) is 4.79 Å². The van der Waals surface area contributed by atoms with Gasteiger partial charge in [-0.2, -0.15) is 0 Å². The zero-order chi connectivity index (χ0) is 17.6. The minimum atomic E-state index is -0.187. The van der Waals surface area contributed by atoms with Gasteiger partial charge in [0.15, 0.2) is 16.1 Å². The average Bonchev–Trinajstić information content (AvgIpc) is 3.05. The van der Waals surface area contributed by atoms with Crippen molar-refractivity contribution < 1.29 is 4.79 Å². The highest BCUT2D eigenvalue weighted by atomic mass is 35.5. The van der Waals surface area contributed by atoms with E-state index in [1.807, 2.05) is 23.6 Å². The third-order valence-electron chi connectivity index (χ3n) is 3.32. The number of pyridine rings is 2. The summed E-state index contributed by atoms with van der Waals surface area (Å²) in [5, 5.41) is 12.1. The van der Waals surface area contributed by atoms with Gasteiger partial charge in [-0.1, -0.05) is 23.4 Å². The zero-order valence-corrected chi connectivity index (χ0v) is 15.0. The molecule has 0 saturated heterocycles. The first-order valence-corrected chi connectivity index (χ1v) is 8.92. The molecule has 3 aromatic rings. The van der Waals surface area contributed by atoms with E-state index >= 15 is 0 Å². The molecular weight excluding hydrogens is 360 g/mol. The quantitative estimate of drug-likeness (QED) is 0.527. The second kappa shape index (κ2) is 8.09. The zero-order valence-electron chi connectivity index (χ0n) is 13.4.